The molecule has 2 aromatic rings. The Hall–Kier alpha value is -2.48. The Labute approximate surface area is 158 Å². The highest BCUT2D eigenvalue weighted by atomic mass is 32.1. The SMILES string of the molecule is CN=C(NCCc1ncc(C)s1)NCC(=O)N(C)CCc1ccccn1. The highest BCUT2D eigenvalue weighted by Gasteiger charge is 2.10. The lowest BCUT2D eigenvalue weighted by atomic mass is 10.2. The number of amides is 1. The zero-order valence-corrected chi connectivity index (χ0v) is 16.3. The van der Waals surface area contributed by atoms with Gasteiger partial charge in [0.2, 0.25) is 5.91 Å². The van der Waals surface area contributed by atoms with Crippen LogP contribution in [-0.4, -0.2) is 60.5 Å². The topological polar surface area (TPSA) is 82.5 Å². The van der Waals surface area contributed by atoms with Crippen molar-refractivity contribution < 1.29 is 4.79 Å². The summed E-state index contributed by atoms with van der Waals surface area (Å²) >= 11 is 1.70. The number of nitrogens with zero attached hydrogens (tertiary/aromatic N) is 4. The number of carbonyl (C=O) groups is 1. The number of likely N-dealkylation sites (N-methyl/N-ethyl adjacent to an activating group) is 1. The van der Waals surface area contributed by atoms with Gasteiger partial charge >= 0.3 is 0 Å². The molecule has 2 aromatic heterocycles. The van der Waals surface area contributed by atoms with Crippen LogP contribution in [0.5, 0.6) is 0 Å². The van der Waals surface area contributed by atoms with Crippen LogP contribution in [0.3, 0.4) is 0 Å². The Morgan fingerprint density at radius 3 is 2.77 bits per heavy atom. The predicted molar refractivity (Wildman–Crippen MR) is 105 cm³/mol. The van der Waals surface area contributed by atoms with Gasteiger partial charge in [-0.1, -0.05) is 6.07 Å². The van der Waals surface area contributed by atoms with Crippen molar-refractivity contribution in [2.24, 2.45) is 4.99 Å². The van der Waals surface area contributed by atoms with Crippen LogP contribution in [0.2, 0.25) is 0 Å². The molecule has 0 aromatic carbocycles. The zero-order valence-electron chi connectivity index (χ0n) is 15.5. The van der Waals surface area contributed by atoms with E-state index >= 15 is 0 Å². The van der Waals surface area contributed by atoms with Crippen LogP contribution in [0.1, 0.15) is 15.6 Å². The third kappa shape index (κ3) is 6.79. The molecule has 2 rings (SSSR count). The molecule has 0 aliphatic heterocycles. The Morgan fingerprint density at radius 1 is 1.27 bits per heavy atom. The summed E-state index contributed by atoms with van der Waals surface area (Å²) < 4.78 is 0. The average Bonchev–Trinajstić information content (AvgIpc) is 3.08. The van der Waals surface area contributed by atoms with Crippen LogP contribution >= 0.6 is 11.3 Å². The van der Waals surface area contributed by atoms with Gasteiger partial charge in [0, 0.05) is 63.0 Å². The third-order valence-corrected chi connectivity index (χ3v) is 4.76. The molecule has 0 fully saturated rings. The molecule has 140 valence electrons. The summed E-state index contributed by atoms with van der Waals surface area (Å²) in [7, 11) is 3.49. The molecule has 0 radical (unpaired) electrons. The van der Waals surface area contributed by atoms with Crippen LogP contribution in [0.25, 0.3) is 0 Å². The minimum absolute atomic E-state index is 0.0134. The molecule has 0 atom stereocenters. The second-order valence-corrected chi connectivity index (χ2v) is 7.17. The van der Waals surface area contributed by atoms with Crippen LogP contribution in [0, 0.1) is 6.92 Å². The van der Waals surface area contributed by atoms with Crippen molar-refractivity contribution in [2.45, 2.75) is 19.8 Å². The molecule has 1 amide bonds. The highest BCUT2D eigenvalue weighted by molar-refractivity contribution is 7.11. The van der Waals surface area contributed by atoms with Crippen molar-refractivity contribution in [3.8, 4) is 0 Å². The van der Waals surface area contributed by atoms with Crippen LogP contribution in [-0.2, 0) is 17.6 Å². The molecular weight excluding hydrogens is 348 g/mol. The number of aromatic nitrogens is 2. The maximum Gasteiger partial charge on any atom is 0.241 e. The van der Waals surface area contributed by atoms with Crippen LogP contribution in [0.4, 0.5) is 0 Å². The van der Waals surface area contributed by atoms with Gasteiger partial charge in [-0.15, -0.1) is 11.3 Å². The molecule has 0 saturated heterocycles. The maximum absolute atomic E-state index is 12.2. The van der Waals surface area contributed by atoms with E-state index in [2.05, 4.69) is 25.6 Å². The third-order valence-electron chi connectivity index (χ3n) is 3.79. The van der Waals surface area contributed by atoms with Gasteiger partial charge in [-0.05, 0) is 19.1 Å². The van der Waals surface area contributed by atoms with Crippen molar-refractivity contribution in [3.05, 3.63) is 46.2 Å². The van der Waals surface area contributed by atoms with Crippen molar-refractivity contribution in [1.29, 1.82) is 0 Å². The first-order chi connectivity index (χ1) is 12.6. The van der Waals surface area contributed by atoms with Gasteiger partial charge in [0.05, 0.1) is 11.6 Å². The first-order valence-electron chi connectivity index (χ1n) is 8.58. The number of guanidine groups is 1. The zero-order chi connectivity index (χ0) is 18.8. The van der Waals surface area contributed by atoms with Gasteiger partial charge in [-0.25, -0.2) is 4.98 Å². The smallest absolute Gasteiger partial charge is 0.241 e. The minimum atomic E-state index is 0.0134. The van der Waals surface area contributed by atoms with Crippen molar-refractivity contribution in [1.82, 2.24) is 25.5 Å². The summed E-state index contributed by atoms with van der Waals surface area (Å²) in [5.41, 5.74) is 0.981. The summed E-state index contributed by atoms with van der Waals surface area (Å²) in [6.07, 6.45) is 5.22. The average molecular weight is 375 g/mol. The lowest BCUT2D eigenvalue weighted by Crippen LogP contribution is -2.44. The molecule has 0 bridgehead atoms. The molecular formula is C18H26N6OS. The first kappa shape index (κ1) is 19.8. The number of aryl methyl sites for hydroxylation is 1. The molecule has 0 unspecified atom stereocenters. The summed E-state index contributed by atoms with van der Waals surface area (Å²) in [4.78, 5) is 27.9. The summed E-state index contributed by atoms with van der Waals surface area (Å²) in [5, 5.41) is 7.35. The molecule has 7 nitrogen and oxygen atoms in total. The van der Waals surface area contributed by atoms with Gasteiger partial charge in [-0.2, -0.15) is 0 Å². The van der Waals surface area contributed by atoms with E-state index in [4.69, 9.17) is 0 Å². The normalized spacial score (nSPS) is 11.3. The molecule has 0 aliphatic rings. The van der Waals surface area contributed by atoms with Crippen LogP contribution < -0.4 is 10.6 Å². The quantitative estimate of drug-likeness (QED) is 0.537. The second-order valence-electron chi connectivity index (χ2n) is 5.85. The van der Waals surface area contributed by atoms with E-state index in [9.17, 15) is 4.79 Å². The molecule has 26 heavy (non-hydrogen) atoms. The largest absolute Gasteiger partial charge is 0.356 e. The molecule has 0 aliphatic carbocycles. The number of thiazole rings is 1. The monoisotopic (exact) mass is 374 g/mol. The predicted octanol–water partition coefficient (Wildman–Crippen LogP) is 1.26. The molecule has 2 N–H and O–H groups in total. The summed E-state index contributed by atoms with van der Waals surface area (Å²) in [6.45, 7) is 3.60. The molecule has 0 spiro atoms. The summed E-state index contributed by atoms with van der Waals surface area (Å²) in [6, 6.07) is 5.80. The van der Waals surface area contributed by atoms with E-state index in [1.807, 2.05) is 31.3 Å². The van der Waals surface area contributed by atoms with Crippen molar-refractivity contribution in [3.63, 3.8) is 0 Å². The van der Waals surface area contributed by atoms with Crippen molar-refractivity contribution in [2.75, 3.05) is 33.7 Å². The fourth-order valence-corrected chi connectivity index (χ4v) is 3.06. The van der Waals surface area contributed by atoms with E-state index in [0.29, 0.717) is 12.5 Å². The molecule has 2 heterocycles. The maximum atomic E-state index is 12.2. The number of carbonyl (C=O) groups excluding carboxylic acids is 1. The second kappa shape index (κ2) is 10.5. The fourth-order valence-electron chi connectivity index (χ4n) is 2.27. The van der Waals surface area contributed by atoms with E-state index in [0.717, 1.165) is 30.1 Å². The standard InChI is InChI=1S/C18H26N6OS/c1-14-12-22-16(26-14)7-10-21-18(19-2)23-13-17(25)24(3)11-8-15-6-4-5-9-20-15/h4-6,9,12H,7-8,10-11,13H2,1-3H3,(H2,19,21,23). The van der Waals surface area contributed by atoms with E-state index in [-0.39, 0.29) is 12.5 Å². The number of nitrogens with one attached hydrogen (secondary N) is 2. The number of rotatable bonds is 8. The number of pyridine rings is 1. The first-order valence-corrected chi connectivity index (χ1v) is 9.40. The number of aliphatic imine (C=N–C) groups is 1. The fraction of sp³-hybridized carbons (Fsp3) is 0.444. The van der Waals surface area contributed by atoms with E-state index in [1.54, 1.807) is 36.5 Å². The van der Waals surface area contributed by atoms with E-state index in [1.165, 1.54) is 4.88 Å². The van der Waals surface area contributed by atoms with Gasteiger partial charge in [0.15, 0.2) is 5.96 Å². The molecule has 8 heteroatoms. The number of hydrogen-bond acceptors (Lipinski definition) is 5. The van der Waals surface area contributed by atoms with Crippen LogP contribution in [0.15, 0.2) is 35.6 Å². The van der Waals surface area contributed by atoms with Gasteiger partial charge < -0.3 is 15.5 Å². The number of hydrogen-bond donors (Lipinski definition) is 2. The van der Waals surface area contributed by atoms with Gasteiger partial charge in [-0.3, -0.25) is 14.8 Å². The van der Waals surface area contributed by atoms with Crippen molar-refractivity contribution >= 4 is 23.2 Å². The van der Waals surface area contributed by atoms with E-state index < -0.39 is 0 Å². The Morgan fingerprint density at radius 2 is 2.12 bits per heavy atom. The lowest BCUT2D eigenvalue weighted by molar-refractivity contribution is -0.128. The minimum Gasteiger partial charge on any atom is -0.356 e. The Kier molecular flexibility index (Phi) is 8.01. The Balaban J connectivity index is 1.67. The molecule has 0 saturated carbocycles. The lowest BCUT2D eigenvalue weighted by Gasteiger charge is -2.18. The van der Waals surface area contributed by atoms with Gasteiger partial charge in [0.25, 0.3) is 0 Å². The van der Waals surface area contributed by atoms with Gasteiger partial charge in [0.1, 0.15) is 0 Å². The Bertz CT molecular complexity index is 715. The highest BCUT2D eigenvalue weighted by Crippen LogP contribution is 2.10. The summed E-state index contributed by atoms with van der Waals surface area (Å²) in [5.74, 6) is 0.629.